The van der Waals surface area contributed by atoms with E-state index in [1.807, 2.05) is 13.0 Å². The minimum atomic E-state index is -3.70. The number of nitrogen functional groups attached to an aromatic ring is 1. The first kappa shape index (κ1) is 17.5. The van der Waals surface area contributed by atoms with Gasteiger partial charge in [-0.3, -0.25) is 0 Å². The second-order valence-corrected chi connectivity index (χ2v) is 7.40. The summed E-state index contributed by atoms with van der Waals surface area (Å²) in [6.45, 7) is 6.12. The molecule has 3 N–H and O–H groups in total. The molecule has 1 rings (SSSR count). The summed E-state index contributed by atoms with van der Waals surface area (Å²) in [5.74, 6) is 0.607. The Kier molecular flexibility index (Phi) is 6.19. The summed E-state index contributed by atoms with van der Waals surface area (Å²) in [5, 5.41) is 9.05. The summed E-state index contributed by atoms with van der Waals surface area (Å²) < 4.78 is 27.3. The van der Waals surface area contributed by atoms with Crippen molar-refractivity contribution in [3.63, 3.8) is 0 Å². The zero-order valence-corrected chi connectivity index (χ0v) is 13.6. The maximum absolute atomic E-state index is 12.3. The van der Waals surface area contributed by atoms with Gasteiger partial charge in [0.2, 0.25) is 10.0 Å². The predicted octanol–water partition coefficient (Wildman–Crippen LogP) is 2.63. The van der Waals surface area contributed by atoms with Gasteiger partial charge in [-0.25, -0.2) is 13.1 Å². The minimum absolute atomic E-state index is 0.0186. The van der Waals surface area contributed by atoms with Gasteiger partial charge in [-0.1, -0.05) is 26.7 Å². The lowest BCUT2D eigenvalue weighted by atomic mass is 10.0. The van der Waals surface area contributed by atoms with Gasteiger partial charge < -0.3 is 5.73 Å². The average molecular weight is 309 g/mol. The van der Waals surface area contributed by atoms with E-state index in [0.717, 1.165) is 19.3 Å². The molecule has 0 radical (unpaired) electrons. The van der Waals surface area contributed by atoms with Gasteiger partial charge in [0, 0.05) is 11.7 Å². The fourth-order valence-corrected chi connectivity index (χ4v) is 3.50. The SMILES string of the molecule is CC(C)CCCC(C)NS(=O)(=O)c1ccc(N)cc1C#N. The van der Waals surface area contributed by atoms with Gasteiger partial charge in [0.05, 0.1) is 10.5 Å². The molecule has 0 bridgehead atoms. The Balaban J connectivity index is 2.80. The largest absolute Gasteiger partial charge is 0.399 e. The van der Waals surface area contributed by atoms with E-state index in [1.165, 1.54) is 18.2 Å². The van der Waals surface area contributed by atoms with Crippen LogP contribution in [0, 0.1) is 17.2 Å². The Bertz CT molecular complexity index is 618. The van der Waals surface area contributed by atoms with Crippen LogP contribution in [0.15, 0.2) is 23.1 Å². The number of anilines is 1. The van der Waals surface area contributed by atoms with Crippen LogP contribution in [-0.4, -0.2) is 14.5 Å². The van der Waals surface area contributed by atoms with Crippen molar-refractivity contribution in [1.29, 1.82) is 5.26 Å². The number of nitrogens with zero attached hydrogens (tertiary/aromatic N) is 1. The molecule has 0 amide bonds. The molecule has 0 aromatic heterocycles. The predicted molar refractivity (Wildman–Crippen MR) is 84.0 cm³/mol. The quantitative estimate of drug-likeness (QED) is 0.757. The monoisotopic (exact) mass is 309 g/mol. The molecule has 21 heavy (non-hydrogen) atoms. The van der Waals surface area contributed by atoms with E-state index < -0.39 is 10.0 Å². The minimum Gasteiger partial charge on any atom is -0.399 e. The third kappa shape index (κ3) is 5.37. The van der Waals surface area contributed by atoms with Crippen molar-refractivity contribution in [3.8, 4) is 6.07 Å². The number of rotatable bonds is 7. The average Bonchev–Trinajstić information content (AvgIpc) is 2.36. The first-order valence-corrected chi connectivity index (χ1v) is 8.56. The van der Waals surface area contributed by atoms with Crippen LogP contribution in [0.2, 0.25) is 0 Å². The van der Waals surface area contributed by atoms with E-state index in [0.29, 0.717) is 11.6 Å². The number of nitrogens with two attached hydrogens (primary N) is 1. The molecule has 5 nitrogen and oxygen atoms in total. The van der Waals surface area contributed by atoms with Crippen LogP contribution in [-0.2, 0) is 10.0 Å². The van der Waals surface area contributed by atoms with E-state index in [2.05, 4.69) is 18.6 Å². The maximum Gasteiger partial charge on any atom is 0.242 e. The van der Waals surface area contributed by atoms with Gasteiger partial charge in [0.25, 0.3) is 0 Å². The van der Waals surface area contributed by atoms with E-state index >= 15 is 0 Å². The summed E-state index contributed by atoms with van der Waals surface area (Å²) in [5.41, 5.74) is 6.01. The number of nitrogens with one attached hydrogen (secondary N) is 1. The first-order valence-electron chi connectivity index (χ1n) is 7.08. The molecule has 0 spiro atoms. The Morgan fingerprint density at radius 3 is 2.52 bits per heavy atom. The Morgan fingerprint density at radius 2 is 1.95 bits per heavy atom. The van der Waals surface area contributed by atoms with E-state index in [4.69, 9.17) is 11.0 Å². The lowest BCUT2D eigenvalue weighted by Gasteiger charge is -2.15. The number of nitriles is 1. The van der Waals surface area contributed by atoms with Gasteiger partial charge in [-0.2, -0.15) is 5.26 Å². The first-order chi connectivity index (χ1) is 9.76. The van der Waals surface area contributed by atoms with Crippen LogP contribution in [0.5, 0.6) is 0 Å². The van der Waals surface area contributed by atoms with Crippen molar-refractivity contribution in [3.05, 3.63) is 23.8 Å². The summed E-state index contributed by atoms with van der Waals surface area (Å²) in [6, 6.07) is 5.94. The highest BCUT2D eigenvalue weighted by Crippen LogP contribution is 2.19. The van der Waals surface area contributed by atoms with Crippen LogP contribution < -0.4 is 10.5 Å². The number of benzene rings is 1. The van der Waals surface area contributed by atoms with Crippen LogP contribution >= 0.6 is 0 Å². The molecule has 0 aliphatic rings. The molecule has 0 aliphatic carbocycles. The smallest absolute Gasteiger partial charge is 0.242 e. The Labute approximate surface area is 127 Å². The summed E-state index contributed by atoms with van der Waals surface area (Å²) >= 11 is 0. The summed E-state index contributed by atoms with van der Waals surface area (Å²) in [4.78, 5) is -0.0186. The lowest BCUT2D eigenvalue weighted by molar-refractivity contribution is 0.488. The second-order valence-electron chi connectivity index (χ2n) is 5.71. The van der Waals surface area contributed by atoms with Gasteiger partial charge >= 0.3 is 0 Å². The van der Waals surface area contributed by atoms with Crippen molar-refractivity contribution >= 4 is 15.7 Å². The highest BCUT2D eigenvalue weighted by Gasteiger charge is 2.21. The van der Waals surface area contributed by atoms with Crippen LogP contribution in [0.4, 0.5) is 5.69 Å². The van der Waals surface area contributed by atoms with Crippen molar-refractivity contribution < 1.29 is 8.42 Å². The van der Waals surface area contributed by atoms with Crippen molar-refractivity contribution in [2.45, 2.75) is 51.0 Å². The fraction of sp³-hybridized carbons (Fsp3) is 0.533. The highest BCUT2D eigenvalue weighted by molar-refractivity contribution is 7.89. The highest BCUT2D eigenvalue weighted by atomic mass is 32.2. The van der Waals surface area contributed by atoms with Crippen LogP contribution in [0.1, 0.15) is 45.6 Å². The molecule has 0 saturated carbocycles. The van der Waals surface area contributed by atoms with Crippen molar-refractivity contribution in [2.75, 3.05) is 5.73 Å². The van der Waals surface area contributed by atoms with Gasteiger partial charge in [0.1, 0.15) is 6.07 Å². The van der Waals surface area contributed by atoms with Crippen LogP contribution in [0.25, 0.3) is 0 Å². The van der Waals surface area contributed by atoms with E-state index in [1.54, 1.807) is 0 Å². The Morgan fingerprint density at radius 1 is 1.29 bits per heavy atom. The maximum atomic E-state index is 12.3. The zero-order chi connectivity index (χ0) is 16.0. The molecule has 1 aromatic carbocycles. The molecule has 1 atom stereocenters. The molecule has 6 heteroatoms. The lowest BCUT2D eigenvalue weighted by Crippen LogP contribution is -2.33. The third-order valence-electron chi connectivity index (χ3n) is 3.19. The molecule has 0 fully saturated rings. The summed E-state index contributed by atoms with van der Waals surface area (Å²) in [6.07, 6.45) is 2.81. The standard InChI is InChI=1S/C15H23N3O2S/c1-11(2)5-4-6-12(3)18-21(19,20)15-8-7-14(17)9-13(15)10-16/h7-9,11-12,18H,4-6,17H2,1-3H3. The van der Waals surface area contributed by atoms with Crippen molar-refractivity contribution in [1.82, 2.24) is 4.72 Å². The van der Waals surface area contributed by atoms with Gasteiger partial charge in [-0.05, 0) is 37.5 Å². The molecule has 0 saturated heterocycles. The van der Waals surface area contributed by atoms with E-state index in [-0.39, 0.29) is 16.5 Å². The topological polar surface area (TPSA) is 96.0 Å². The fourth-order valence-electron chi connectivity index (χ4n) is 2.09. The molecule has 1 unspecified atom stereocenters. The van der Waals surface area contributed by atoms with Gasteiger partial charge in [-0.15, -0.1) is 0 Å². The van der Waals surface area contributed by atoms with Gasteiger partial charge in [0.15, 0.2) is 0 Å². The molecule has 0 aliphatic heterocycles. The molecule has 1 aromatic rings. The normalized spacial score (nSPS) is 13.1. The summed E-state index contributed by atoms with van der Waals surface area (Å²) in [7, 11) is -3.70. The molecular weight excluding hydrogens is 286 g/mol. The van der Waals surface area contributed by atoms with Crippen LogP contribution in [0.3, 0.4) is 0 Å². The second kappa shape index (κ2) is 7.43. The molecule has 0 heterocycles. The zero-order valence-electron chi connectivity index (χ0n) is 12.8. The number of hydrogen-bond acceptors (Lipinski definition) is 4. The van der Waals surface area contributed by atoms with Crippen molar-refractivity contribution in [2.24, 2.45) is 5.92 Å². The third-order valence-corrected chi connectivity index (χ3v) is 4.84. The number of hydrogen-bond donors (Lipinski definition) is 2. The van der Waals surface area contributed by atoms with E-state index in [9.17, 15) is 8.42 Å². The Hall–Kier alpha value is -1.58. The number of sulfonamides is 1. The molecule has 116 valence electrons. The molecular formula is C15H23N3O2S.